The first kappa shape index (κ1) is 18.4. The van der Waals surface area contributed by atoms with E-state index in [0.29, 0.717) is 24.8 Å². The van der Waals surface area contributed by atoms with Crippen LogP contribution in [0.4, 0.5) is 4.79 Å². The molecule has 3 heterocycles. The number of benzene rings is 1. The van der Waals surface area contributed by atoms with Crippen LogP contribution in [-0.4, -0.2) is 44.1 Å². The molecule has 27 heavy (non-hydrogen) atoms. The van der Waals surface area contributed by atoms with Gasteiger partial charge in [-0.05, 0) is 41.0 Å². The molecule has 1 aromatic carbocycles. The second kappa shape index (κ2) is 7.97. The smallest absolute Gasteiger partial charge is 0.410 e. The van der Waals surface area contributed by atoms with Crippen molar-refractivity contribution in [1.29, 1.82) is 0 Å². The number of rotatable bonds is 3. The highest BCUT2D eigenvalue weighted by atomic mass is 127. The molecule has 0 bridgehead atoms. The van der Waals surface area contributed by atoms with Gasteiger partial charge in [0.05, 0.1) is 11.6 Å². The molecule has 0 unspecified atom stereocenters. The van der Waals surface area contributed by atoms with E-state index in [9.17, 15) is 4.79 Å². The van der Waals surface area contributed by atoms with Crippen molar-refractivity contribution in [2.45, 2.75) is 25.5 Å². The minimum Gasteiger partial charge on any atom is -0.445 e. The third-order valence-electron chi connectivity index (χ3n) is 4.66. The van der Waals surface area contributed by atoms with Crippen LogP contribution < -0.4 is 0 Å². The average molecular weight is 498 g/mol. The largest absolute Gasteiger partial charge is 0.445 e. The van der Waals surface area contributed by atoms with Crippen LogP contribution in [0.3, 0.4) is 0 Å². The summed E-state index contributed by atoms with van der Waals surface area (Å²) in [5.74, 6) is 0. The molecular formula is C18H17ClIN5O2. The lowest BCUT2D eigenvalue weighted by atomic mass is 10.1. The Morgan fingerprint density at radius 3 is 2.70 bits per heavy atom. The Bertz CT molecular complexity index is 957. The van der Waals surface area contributed by atoms with Crippen molar-refractivity contribution in [3.05, 3.63) is 50.8 Å². The topological polar surface area (TPSA) is 73.1 Å². The maximum atomic E-state index is 12.3. The van der Waals surface area contributed by atoms with Crippen LogP contribution >= 0.6 is 34.2 Å². The van der Waals surface area contributed by atoms with Crippen molar-refractivity contribution >= 4 is 51.3 Å². The second-order valence-corrected chi connectivity index (χ2v) is 7.80. The fourth-order valence-corrected chi connectivity index (χ4v) is 4.02. The minimum absolute atomic E-state index is 0.189. The minimum atomic E-state index is -0.272. The van der Waals surface area contributed by atoms with Crippen molar-refractivity contribution in [2.24, 2.45) is 0 Å². The van der Waals surface area contributed by atoms with Gasteiger partial charge in [0.25, 0.3) is 0 Å². The summed E-state index contributed by atoms with van der Waals surface area (Å²) in [6.45, 7) is 1.55. The van der Waals surface area contributed by atoms with E-state index >= 15 is 0 Å². The Morgan fingerprint density at radius 1 is 1.22 bits per heavy atom. The summed E-state index contributed by atoms with van der Waals surface area (Å²) < 4.78 is 8.19. The van der Waals surface area contributed by atoms with Crippen LogP contribution in [0.5, 0.6) is 0 Å². The lowest BCUT2D eigenvalue weighted by Crippen LogP contribution is -2.39. The highest BCUT2D eigenvalue weighted by Gasteiger charge is 2.27. The zero-order valence-electron chi connectivity index (χ0n) is 14.4. The van der Waals surface area contributed by atoms with Crippen LogP contribution in [0.1, 0.15) is 24.4 Å². The van der Waals surface area contributed by atoms with Crippen LogP contribution in [0.25, 0.3) is 11.0 Å². The highest BCUT2D eigenvalue weighted by molar-refractivity contribution is 14.1. The number of carbonyl (C=O) groups is 1. The fraction of sp³-hybridized carbons (Fsp3) is 0.333. The Balaban J connectivity index is 1.39. The molecule has 2 aromatic heterocycles. The first-order valence-corrected chi connectivity index (χ1v) is 10.1. The van der Waals surface area contributed by atoms with Crippen molar-refractivity contribution in [1.82, 2.24) is 24.9 Å². The molecule has 0 saturated carbocycles. The zero-order chi connectivity index (χ0) is 18.8. The monoisotopic (exact) mass is 497 g/mol. The summed E-state index contributed by atoms with van der Waals surface area (Å²) in [6, 6.07) is 11.7. The number of carbonyl (C=O) groups excluding carboxylic acids is 1. The summed E-state index contributed by atoms with van der Waals surface area (Å²) in [6.07, 6.45) is 1.33. The quantitative estimate of drug-likeness (QED) is 0.510. The Labute approximate surface area is 174 Å². The van der Waals surface area contributed by atoms with Gasteiger partial charge in [-0.3, -0.25) is 4.68 Å². The normalized spacial score (nSPS) is 15.3. The number of piperidine rings is 1. The first-order valence-electron chi connectivity index (χ1n) is 8.64. The number of halogens is 2. The fourth-order valence-electron chi connectivity index (χ4n) is 3.26. The number of hydrogen-bond donors (Lipinski definition) is 0. The molecule has 0 N–H and O–H groups in total. The van der Waals surface area contributed by atoms with Gasteiger partial charge in [-0.25, -0.2) is 4.79 Å². The molecule has 0 atom stereocenters. The standard InChI is InChI=1S/C18H17ClIN5O2/c19-15-10-14-16(22-21-15)17(20)23-25(14)13-6-8-24(9-7-13)18(26)27-11-12-4-2-1-3-5-12/h1-5,10,13H,6-9,11H2. The van der Waals surface area contributed by atoms with Crippen molar-refractivity contribution in [2.75, 3.05) is 13.1 Å². The van der Waals surface area contributed by atoms with Gasteiger partial charge in [0.1, 0.15) is 12.1 Å². The predicted octanol–water partition coefficient (Wildman–Crippen LogP) is 4.06. The lowest BCUT2D eigenvalue weighted by molar-refractivity contribution is 0.0825. The van der Waals surface area contributed by atoms with Crippen LogP contribution in [0.2, 0.25) is 5.15 Å². The molecule has 4 rings (SSSR count). The summed E-state index contributed by atoms with van der Waals surface area (Å²) in [5, 5.41) is 13.0. The van der Waals surface area contributed by atoms with E-state index in [1.807, 2.05) is 35.0 Å². The molecular weight excluding hydrogens is 481 g/mol. The van der Waals surface area contributed by atoms with Gasteiger partial charge >= 0.3 is 6.09 Å². The summed E-state index contributed by atoms with van der Waals surface area (Å²) in [5.41, 5.74) is 2.62. The lowest BCUT2D eigenvalue weighted by Gasteiger charge is -2.31. The second-order valence-electron chi connectivity index (χ2n) is 6.39. The van der Waals surface area contributed by atoms with E-state index in [2.05, 4.69) is 37.9 Å². The summed E-state index contributed by atoms with van der Waals surface area (Å²) >= 11 is 8.16. The molecule has 1 aliphatic rings. The average Bonchev–Trinajstić information content (AvgIpc) is 3.03. The number of hydrogen-bond acceptors (Lipinski definition) is 5. The molecule has 140 valence electrons. The molecule has 1 saturated heterocycles. The summed E-state index contributed by atoms with van der Waals surface area (Å²) in [4.78, 5) is 14.1. The molecule has 1 amide bonds. The number of fused-ring (bicyclic) bond motifs is 1. The van der Waals surface area contributed by atoms with E-state index in [1.54, 1.807) is 11.0 Å². The van der Waals surface area contributed by atoms with E-state index in [4.69, 9.17) is 16.3 Å². The zero-order valence-corrected chi connectivity index (χ0v) is 17.3. The van der Waals surface area contributed by atoms with Crippen LogP contribution in [0.15, 0.2) is 36.4 Å². The number of likely N-dealkylation sites (tertiary alicyclic amines) is 1. The maximum Gasteiger partial charge on any atom is 0.410 e. The molecule has 0 spiro atoms. The van der Waals surface area contributed by atoms with Crippen molar-refractivity contribution in [3.63, 3.8) is 0 Å². The Kier molecular flexibility index (Phi) is 5.44. The van der Waals surface area contributed by atoms with Crippen LogP contribution in [0, 0.1) is 3.70 Å². The van der Waals surface area contributed by atoms with E-state index in [1.165, 1.54) is 0 Å². The molecule has 1 aliphatic heterocycles. The van der Waals surface area contributed by atoms with Gasteiger partial charge < -0.3 is 9.64 Å². The first-order chi connectivity index (χ1) is 13.1. The van der Waals surface area contributed by atoms with Gasteiger partial charge in [0.15, 0.2) is 8.85 Å². The predicted molar refractivity (Wildman–Crippen MR) is 110 cm³/mol. The highest BCUT2D eigenvalue weighted by Crippen LogP contribution is 2.28. The van der Waals surface area contributed by atoms with Gasteiger partial charge in [-0.2, -0.15) is 5.10 Å². The number of ether oxygens (including phenoxy) is 1. The van der Waals surface area contributed by atoms with E-state index in [0.717, 1.165) is 33.1 Å². The summed E-state index contributed by atoms with van der Waals surface area (Å²) in [7, 11) is 0. The molecule has 0 radical (unpaired) electrons. The molecule has 7 nitrogen and oxygen atoms in total. The molecule has 1 fully saturated rings. The van der Waals surface area contributed by atoms with Gasteiger partial charge in [-0.1, -0.05) is 41.9 Å². The Morgan fingerprint density at radius 2 is 1.96 bits per heavy atom. The third kappa shape index (κ3) is 4.01. The van der Waals surface area contributed by atoms with E-state index < -0.39 is 0 Å². The third-order valence-corrected chi connectivity index (χ3v) is 5.57. The molecule has 9 heteroatoms. The number of nitrogens with zero attached hydrogens (tertiary/aromatic N) is 5. The van der Waals surface area contributed by atoms with Gasteiger partial charge in [0, 0.05) is 19.2 Å². The number of amides is 1. The van der Waals surface area contributed by atoms with Crippen molar-refractivity contribution < 1.29 is 9.53 Å². The van der Waals surface area contributed by atoms with Crippen LogP contribution in [-0.2, 0) is 11.3 Å². The van der Waals surface area contributed by atoms with Gasteiger partial charge in [-0.15, -0.1) is 10.2 Å². The van der Waals surface area contributed by atoms with Crippen molar-refractivity contribution in [3.8, 4) is 0 Å². The number of aromatic nitrogens is 4. The Hall–Kier alpha value is -1.94. The van der Waals surface area contributed by atoms with E-state index in [-0.39, 0.29) is 12.1 Å². The van der Waals surface area contributed by atoms with Gasteiger partial charge in [0.2, 0.25) is 0 Å². The maximum absolute atomic E-state index is 12.3. The molecule has 3 aromatic rings. The molecule has 0 aliphatic carbocycles. The SMILES string of the molecule is O=C(OCc1ccccc1)N1CCC(n2nc(I)c3nnc(Cl)cc32)CC1.